The van der Waals surface area contributed by atoms with Gasteiger partial charge >= 0.3 is 0 Å². The third kappa shape index (κ3) is 4.69. The number of anilines is 1. The number of rotatable bonds is 5. The summed E-state index contributed by atoms with van der Waals surface area (Å²) >= 11 is 0. The first-order chi connectivity index (χ1) is 15.8. The third-order valence-electron chi connectivity index (χ3n) is 6.88. The molecule has 0 aromatic heterocycles. The number of amides is 2. The van der Waals surface area contributed by atoms with E-state index in [4.69, 9.17) is 4.74 Å². The highest BCUT2D eigenvalue weighted by Crippen LogP contribution is 2.50. The zero-order valence-electron chi connectivity index (χ0n) is 19.2. The predicted molar refractivity (Wildman–Crippen MR) is 125 cm³/mol. The molecule has 1 saturated carbocycles. The maximum atomic E-state index is 13.7. The van der Waals surface area contributed by atoms with Gasteiger partial charge in [0, 0.05) is 30.6 Å². The summed E-state index contributed by atoms with van der Waals surface area (Å²) in [7, 11) is 0. The molecule has 7 heteroatoms. The minimum atomic E-state index is -0.818. The second-order valence-electron chi connectivity index (χ2n) is 9.07. The quantitative estimate of drug-likeness (QED) is 0.630. The molecule has 3 N–H and O–H groups in total. The van der Waals surface area contributed by atoms with Crippen molar-refractivity contribution >= 4 is 17.5 Å². The first kappa shape index (κ1) is 23.1. The summed E-state index contributed by atoms with van der Waals surface area (Å²) < 4.78 is 5.61. The van der Waals surface area contributed by atoms with Gasteiger partial charge in [-0.2, -0.15) is 0 Å². The van der Waals surface area contributed by atoms with E-state index in [2.05, 4.69) is 5.32 Å². The molecule has 0 radical (unpaired) electrons. The van der Waals surface area contributed by atoms with Gasteiger partial charge in [0.2, 0.25) is 5.91 Å². The number of aliphatic hydroxyl groups is 1. The highest BCUT2D eigenvalue weighted by atomic mass is 16.5. The maximum absolute atomic E-state index is 13.7. The Bertz CT molecular complexity index is 1040. The number of fused-ring (bicyclic) bond motifs is 1. The fourth-order valence-corrected chi connectivity index (χ4v) is 5.41. The molecule has 3 atom stereocenters. The number of hydrogen-bond acceptors (Lipinski definition) is 5. The van der Waals surface area contributed by atoms with Crippen molar-refractivity contribution in [3.63, 3.8) is 0 Å². The van der Waals surface area contributed by atoms with Crippen LogP contribution in [0.2, 0.25) is 0 Å². The van der Waals surface area contributed by atoms with Crippen molar-refractivity contribution in [3.8, 4) is 11.5 Å². The molecule has 4 rings (SSSR count). The normalized spacial score (nSPS) is 24.6. The van der Waals surface area contributed by atoms with Gasteiger partial charge in [0.15, 0.2) is 11.5 Å². The first-order valence-corrected chi connectivity index (χ1v) is 11.7. The fourth-order valence-electron chi connectivity index (χ4n) is 5.41. The molecule has 1 aliphatic heterocycles. The van der Waals surface area contributed by atoms with Crippen molar-refractivity contribution in [1.82, 2.24) is 4.90 Å². The molecule has 2 fully saturated rings. The van der Waals surface area contributed by atoms with Gasteiger partial charge in [0.25, 0.3) is 5.91 Å². The van der Waals surface area contributed by atoms with E-state index >= 15 is 0 Å². The Balaban J connectivity index is 1.74. The standard InChI is InChI=1S/C26H32N2O5/c1-3-33-23-16-18(10-11-22(23)30)24-21-9-4-5-12-26(21,32)13-14-28(24)25(31)19-7-6-8-20(15-19)27-17(2)29/h6-8,10-11,15-16,21,24,30,32H,3-5,9,12-14H2,1-2H3,(H,27,29)/t21-,24+,26-/m0/s1. The summed E-state index contributed by atoms with van der Waals surface area (Å²) in [5.41, 5.74) is 1.07. The Hall–Kier alpha value is -3.06. The summed E-state index contributed by atoms with van der Waals surface area (Å²) in [5, 5.41) is 24.4. The van der Waals surface area contributed by atoms with E-state index in [1.165, 1.54) is 6.92 Å². The molecule has 33 heavy (non-hydrogen) atoms. The third-order valence-corrected chi connectivity index (χ3v) is 6.88. The highest BCUT2D eigenvalue weighted by Gasteiger charge is 2.50. The van der Waals surface area contributed by atoms with Crippen molar-refractivity contribution in [1.29, 1.82) is 0 Å². The van der Waals surface area contributed by atoms with Gasteiger partial charge in [-0.05, 0) is 62.1 Å². The van der Waals surface area contributed by atoms with Crippen LogP contribution in [0.5, 0.6) is 11.5 Å². The molecule has 1 aliphatic carbocycles. The number of phenolic OH excluding ortho intramolecular Hbond substituents is 1. The average molecular weight is 453 g/mol. The molecule has 0 bridgehead atoms. The van der Waals surface area contributed by atoms with Gasteiger partial charge in [-0.3, -0.25) is 9.59 Å². The predicted octanol–water partition coefficient (Wildman–Crippen LogP) is 4.26. The lowest BCUT2D eigenvalue weighted by atomic mass is 9.66. The smallest absolute Gasteiger partial charge is 0.254 e. The zero-order valence-corrected chi connectivity index (χ0v) is 19.2. The van der Waals surface area contributed by atoms with Gasteiger partial charge in [0.1, 0.15) is 0 Å². The number of phenols is 1. The van der Waals surface area contributed by atoms with E-state index in [-0.39, 0.29) is 29.5 Å². The van der Waals surface area contributed by atoms with Crippen molar-refractivity contribution in [3.05, 3.63) is 53.6 Å². The zero-order chi connectivity index (χ0) is 23.6. The van der Waals surface area contributed by atoms with Crippen LogP contribution in [0.25, 0.3) is 0 Å². The summed E-state index contributed by atoms with van der Waals surface area (Å²) in [5.74, 6) is -0.0289. The number of nitrogens with one attached hydrogen (secondary N) is 1. The summed E-state index contributed by atoms with van der Waals surface area (Å²) in [6, 6.07) is 11.8. The molecule has 0 unspecified atom stereocenters. The van der Waals surface area contributed by atoms with Crippen LogP contribution >= 0.6 is 0 Å². The summed E-state index contributed by atoms with van der Waals surface area (Å²) in [6.07, 6.45) is 4.06. The van der Waals surface area contributed by atoms with Crippen molar-refractivity contribution in [2.24, 2.45) is 5.92 Å². The van der Waals surface area contributed by atoms with E-state index in [0.717, 1.165) is 31.2 Å². The first-order valence-electron chi connectivity index (χ1n) is 11.7. The number of carbonyl (C=O) groups excluding carboxylic acids is 2. The van der Waals surface area contributed by atoms with Gasteiger partial charge < -0.3 is 25.2 Å². The lowest BCUT2D eigenvalue weighted by molar-refractivity contribution is -0.115. The van der Waals surface area contributed by atoms with E-state index in [1.54, 1.807) is 36.4 Å². The van der Waals surface area contributed by atoms with Crippen LogP contribution in [0.4, 0.5) is 5.69 Å². The number of carbonyl (C=O) groups is 2. The van der Waals surface area contributed by atoms with Crippen LogP contribution < -0.4 is 10.1 Å². The Morgan fingerprint density at radius 3 is 2.76 bits per heavy atom. The van der Waals surface area contributed by atoms with Gasteiger partial charge in [-0.25, -0.2) is 0 Å². The molecule has 0 spiro atoms. The number of nitrogens with zero attached hydrogens (tertiary/aromatic N) is 1. The van der Waals surface area contributed by atoms with Crippen LogP contribution in [-0.2, 0) is 4.79 Å². The number of ether oxygens (including phenoxy) is 1. The van der Waals surface area contributed by atoms with Crippen LogP contribution in [0.15, 0.2) is 42.5 Å². The summed E-state index contributed by atoms with van der Waals surface area (Å²) in [6.45, 7) is 4.11. The molecule has 2 aromatic carbocycles. The van der Waals surface area contributed by atoms with E-state index < -0.39 is 5.60 Å². The molecule has 176 valence electrons. The largest absolute Gasteiger partial charge is 0.504 e. The van der Waals surface area contributed by atoms with Gasteiger partial charge in [-0.15, -0.1) is 0 Å². The monoisotopic (exact) mass is 452 g/mol. The molecular weight excluding hydrogens is 420 g/mol. The lowest BCUT2D eigenvalue weighted by Gasteiger charge is -2.52. The van der Waals surface area contributed by atoms with Crippen LogP contribution in [-0.4, -0.2) is 45.7 Å². The molecule has 2 amide bonds. The van der Waals surface area contributed by atoms with E-state index in [9.17, 15) is 19.8 Å². The molecule has 2 aromatic rings. The van der Waals surface area contributed by atoms with Crippen molar-refractivity contribution in [2.45, 2.75) is 57.6 Å². The molecule has 1 heterocycles. The fraction of sp³-hybridized carbons (Fsp3) is 0.462. The number of benzene rings is 2. The van der Waals surface area contributed by atoms with E-state index in [0.29, 0.717) is 36.6 Å². The number of piperidine rings is 1. The Labute approximate surface area is 194 Å². The molecule has 7 nitrogen and oxygen atoms in total. The summed E-state index contributed by atoms with van der Waals surface area (Å²) in [4.78, 5) is 27.0. The molecular formula is C26H32N2O5. The van der Waals surface area contributed by atoms with Crippen LogP contribution in [0, 0.1) is 5.92 Å². The Kier molecular flexibility index (Phi) is 6.61. The van der Waals surface area contributed by atoms with Crippen molar-refractivity contribution in [2.75, 3.05) is 18.5 Å². The highest BCUT2D eigenvalue weighted by molar-refractivity contribution is 5.97. The Morgan fingerprint density at radius 2 is 2.00 bits per heavy atom. The average Bonchev–Trinajstić information content (AvgIpc) is 2.79. The lowest BCUT2D eigenvalue weighted by Crippen LogP contribution is -2.56. The van der Waals surface area contributed by atoms with Crippen LogP contribution in [0.3, 0.4) is 0 Å². The van der Waals surface area contributed by atoms with E-state index in [1.807, 2.05) is 17.9 Å². The second kappa shape index (κ2) is 9.43. The minimum absolute atomic E-state index is 0.0520. The topological polar surface area (TPSA) is 99.1 Å². The minimum Gasteiger partial charge on any atom is -0.504 e. The van der Waals surface area contributed by atoms with Gasteiger partial charge in [0.05, 0.1) is 18.2 Å². The van der Waals surface area contributed by atoms with Gasteiger partial charge in [-0.1, -0.05) is 25.0 Å². The SMILES string of the molecule is CCOc1cc([C@@H]2[C@@H]3CCCC[C@]3(O)CCN2C(=O)c2cccc(NC(C)=O)c2)ccc1O. The Morgan fingerprint density at radius 1 is 1.18 bits per heavy atom. The van der Waals surface area contributed by atoms with Crippen LogP contribution in [0.1, 0.15) is 67.9 Å². The number of aromatic hydroxyl groups is 1. The van der Waals surface area contributed by atoms with Crippen molar-refractivity contribution < 1.29 is 24.5 Å². The number of hydrogen-bond donors (Lipinski definition) is 3. The maximum Gasteiger partial charge on any atom is 0.254 e. The molecule has 1 saturated heterocycles. The second-order valence-corrected chi connectivity index (χ2v) is 9.07. The number of likely N-dealkylation sites (tertiary alicyclic amines) is 1. The molecule has 2 aliphatic rings.